The van der Waals surface area contributed by atoms with Crippen molar-refractivity contribution in [1.29, 1.82) is 0 Å². The number of methoxy groups -OCH3 is 1. The first-order valence-corrected chi connectivity index (χ1v) is 9.60. The van der Waals surface area contributed by atoms with E-state index >= 15 is 0 Å². The minimum absolute atomic E-state index is 0.0593. The number of nitrogens with one attached hydrogen (secondary N) is 1. The molecule has 2 fully saturated rings. The number of ether oxygens (including phenoxy) is 1. The Morgan fingerprint density at radius 1 is 1.21 bits per heavy atom. The number of hydrogen-bond acceptors (Lipinski definition) is 5. The van der Waals surface area contributed by atoms with E-state index < -0.39 is 5.92 Å². The molecule has 0 radical (unpaired) electrons. The molecule has 146 valence electrons. The van der Waals surface area contributed by atoms with Gasteiger partial charge in [-0.05, 0) is 37.1 Å². The van der Waals surface area contributed by atoms with Gasteiger partial charge in [-0.2, -0.15) is 0 Å². The topological polar surface area (TPSA) is 74.8 Å². The third-order valence-corrected chi connectivity index (χ3v) is 5.31. The molecule has 0 aliphatic carbocycles. The Bertz CT molecular complexity index is 862. The highest BCUT2D eigenvalue weighted by Crippen LogP contribution is 2.28. The number of pyridine rings is 1. The lowest BCUT2D eigenvalue weighted by molar-refractivity contribution is -0.122. The minimum Gasteiger partial charge on any atom is -0.497 e. The zero-order chi connectivity index (χ0) is 19.5. The molecule has 1 atom stereocenters. The van der Waals surface area contributed by atoms with Gasteiger partial charge in [0.15, 0.2) is 0 Å². The molecule has 7 heteroatoms. The van der Waals surface area contributed by atoms with Crippen LogP contribution in [0.3, 0.4) is 0 Å². The van der Waals surface area contributed by atoms with Gasteiger partial charge in [0.25, 0.3) is 0 Å². The van der Waals surface area contributed by atoms with E-state index in [4.69, 9.17) is 4.74 Å². The molecule has 2 aromatic rings. The highest BCUT2D eigenvalue weighted by Gasteiger charge is 2.35. The fourth-order valence-electron chi connectivity index (χ4n) is 3.75. The molecule has 0 saturated carbocycles. The molecule has 28 heavy (non-hydrogen) atoms. The van der Waals surface area contributed by atoms with Crippen molar-refractivity contribution in [2.75, 3.05) is 41.9 Å². The van der Waals surface area contributed by atoms with E-state index in [1.165, 1.54) is 12.8 Å². The molecule has 0 spiro atoms. The van der Waals surface area contributed by atoms with E-state index in [0.29, 0.717) is 18.0 Å². The highest BCUT2D eigenvalue weighted by molar-refractivity contribution is 6.03. The largest absolute Gasteiger partial charge is 0.497 e. The molecule has 7 nitrogen and oxygen atoms in total. The van der Waals surface area contributed by atoms with Gasteiger partial charge in [-0.15, -0.1) is 0 Å². The molecule has 3 heterocycles. The summed E-state index contributed by atoms with van der Waals surface area (Å²) in [4.78, 5) is 33.4. The van der Waals surface area contributed by atoms with Gasteiger partial charge in [-0.3, -0.25) is 9.59 Å². The van der Waals surface area contributed by atoms with E-state index in [-0.39, 0.29) is 18.2 Å². The summed E-state index contributed by atoms with van der Waals surface area (Å²) in [6, 6.07) is 11.1. The molecule has 2 amide bonds. The molecular formula is C21H24N4O3. The molecule has 1 aromatic carbocycles. The molecular weight excluding hydrogens is 356 g/mol. The number of nitrogens with zero attached hydrogens (tertiary/aromatic N) is 3. The Kier molecular flexibility index (Phi) is 5.14. The summed E-state index contributed by atoms with van der Waals surface area (Å²) >= 11 is 0. The Morgan fingerprint density at radius 3 is 2.75 bits per heavy atom. The zero-order valence-electron chi connectivity index (χ0n) is 15.9. The fraction of sp³-hybridized carbons (Fsp3) is 0.381. The lowest BCUT2D eigenvalue weighted by Gasteiger charge is -2.18. The third-order valence-electron chi connectivity index (χ3n) is 5.31. The standard InChI is InChI=1S/C21H24N4O3/c1-28-18-6-4-5-17(12-18)25-14-15(11-20(25)26)21(27)23-16-7-8-19(22-13-16)24-9-2-3-10-24/h4-8,12-13,15H,2-3,9-11,14H2,1H3,(H,23,27). The highest BCUT2D eigenvalue weighted by atomic mass is 16.5. The van der Waals surface area contributed by atoms with E-state index in [9.17, 15) is 9.59 Å². The minimum atomic E-state index is -0.392. The van der Waals surface area contributed by atoms with Crippen molar-refractivity contribution in [2.45, 2.75) is 19.3 Å². The Hall–Kier alpha value is -3.09. The second-order valence-electron chi connectivity index (χ2n) is 7.20. The summed E-state index contributed by atoms with van der Waals surface area (Å²) in [5.74, 6) is 1.01. The van der Waals surface area contributed by atoms with Crippen LogP contribution in [0.2, 0.25) is 0 Å². The summed E-state index contributed by atoms with van der Waals surface area (Å²) in [7, 11) is 1.59. The van der Waals surface area contributed by atoms with E-state index in [2.05, 4.69) is 15.2 Å². The molecule has 2 aliphatic heterocycles. The predicted molar refractivity (Wildman–Crippen MR) is 108 cm³/mol. The van der Waals surface area contributed by atoms with Crippen LogP contribution in [0, 0.1) is 5.92 Å². The number of aromatic nitrogens is 1. The quantitative estimate of drug-likeness (QED) is 0.863. The van der Waals surface area contributed by atoms with Crippen molar-refractivity contribution in [3.05, 3.63) is 42.6 Å². The van der Waals surface area contributed by atoms with Crippen LogP contribution in [-0.2, 0) is 9.59 Å². The first-order valence-electron chi connectivity index (χ1n) is 9.60. The van der Waals surface area contributed by atoms with Gasteiger partial charge in [0, 0.05) is 37.8 Å². The molecule has 2 aliphatic rings. The number of rotatable bonds is 5. The first-order chi connectivity index (χ1) is 13.6. The average Bonchev–Trinajstić information content (AvgIpc) is 3.39. The summed E-state index contributed by atoms with van der Waals surface area (Å²) in [5.41, 5.74) is 1.40. The number of hydrogen-bond donors (Lipinski definition) is 1. The Morgan fingerprint density at radius 2 is 2.04 bits per heavy atom. The smallest absolute Gasteiger partial charge is 0.229 e. The van der Waals surface area contributed by atoms with Crippen LogP contribution >= 0.6 is 0 Å². The van der Waals surface area contributed by atoms with Gasteiger partial charge in [-0.25, -0.2) is 4.98 Å². The van der Waals surface area contributed by atoms with Gasteiger partial charge >= 0.3 is 0 Å². The van der Waals surface area contributed by atoms with Crippen molar-refractivity contribution in [3.8, 4) is 5.75 Å². The van der Waals surface area contributed by atoms with Crippen LogP contribution in [0.25, 0.3) is 0 Å². The fourth-order valence-corrected chi connectivity index (χ4v) is 3.75. The summed E-state index contributed by atoms with van der Waals surface area (Å²) < 4.78 is 5.22. The zero-order valence-corrected chi connectivity index (χ0v) is 15.9. The van der Waals surface area contributed by atoms with E-state index in [1.54, 1.807) is 24.3 Å². The van der Waals surface area contributed by atoms with Gasteiger partial charge in [0.2, 0.25) is 11.8 Å². The van der Waals surface area contributed by atoms with Crippen molar-refractivity contribution in [3.63, 3.8) is 0 Å². The number of carbonyl (C=O) groups excluding carboxylic acids is 2. The second kappa shape index (κ2) is 7.88. The van der Waals surface area contributed by atoms with Crippen LogP contribution in [0.1, 0.15) is 19.3 Å². The van der Waals surface area contributed by atoms with E-state index in [0.717, 1.165) is 24.6 Å². The molecule has 1 unspecified atom stereocenters. The lowest BCUT2D eigenvalue weighted by atomic mass is 10.1. The van der Waals surface area contributed by atoms with Gasteiger partial charge in [-0.1, -0.05) is 6.07 Å². The molecule has 2 saturated heterocycles. The van der Waals surface area contributed by atoms with Crippen molar-refractivity contribution >= 4 is 29.0 Å². The van der Waals surface area contributed by atoms with E-state index in [1.807, 2.05) is 30.3 Å². The van der Waals surface area contributed by atoms with Gasteiger partial charge < -0.3 is 19.9 Å². The number of anilines is 3. The molecule has 1 N–H and O–H groups in total. The summed E-state index contributed by atoms with van der Waals surface area (Å²) in [6.45, 7) is 2.42. The van der Waals surface area contributed by atoms with Crippen LogP contribution in [-0.4, -0.2) is 43.5 Å². The van der Waals surface area contributed by atoms with Crippen LogP contribution < -0.4 is 19.9 Å². The van der Waals surface area contributed by atoms with Crippen molar-refractivity contribution in [2.24, 2.45) is 5.92 Å². The van der Waals surface area contributed by atoms with Gasteiger partial charge in [0.05, 0.1) is 24.9 Å². The average molecular weight is 380 g/mol. The maximum Gasteiger partial charge on any atom is 0.229 e. The normalized spacial score (nSPS) is 19.2. The molecule has 0 bridgehead atoms. The lowest BCUT2D eigenvalue weighted by Crippen LogP contribution is -2.28. The first kappa shape index (κ1) is 18.3. The Labute approximate surface area is 164 Å². The van der Waals surface area contributed by atoms with Crippen LogP contribution in [0.4, 0.5) is 17.2 Å². The summed E-state index contributed by atoms with van der Waals surface area (Å²) in [5, 5.41) is 2.89. The molecule has 4 rings (SSSR count). The third kappa shape index (κ3) is 3.78. The van der Waals surface area contributed by atoms with Crippen LogP contribution in [0.5, 0.6) is 5.75 Å². The number of carbonyl (C=O) groups is 2. The summed E-state index contributed by atoms with van der Waals surface area (Å²) in [6.07, 6.45) is 4.27. The maximum atomic E-state index is 12.6. The predicted octanol–water partition coefficient (Wildman–Crippen LogP) is 2.68. The number of benzene rings is 1. The van der Waals surface area contributed by atoms with Crippen LogP contribution in [0.15, 0.2) is 42.6 Å². The van der Waals surface area contributed by atoms with Gasteiger partial charge in [0.1, 0.15) is 11.6 Å². The molecule has 1 aromatic heterocycles. The van der Waals surface area contributed by atoms with Crippen molar-refractivity contribution < 1.29 is 14.3 Å². The maximum absolute atomic E-state index is 12.6. The number of amides is 2. The SMILES string of the molecule is COc1cccc(N2CC(C(=O)Nc3ccc(N4CCCC4)nc3)CC2=O)c1. The van der Waals surface area contributed by atoms with Crippen molar-refractivity contribution in [1.82, 2.24) is 4.98 Å². The second-order valence-corrected chi connectivity index (χ2v) is 7.20. The Balaban J connectivity index is 1.39. The monoisotopic (exact) mass is 380 g/mol.